The molecule has 1 amide bonds. The van der Waals surface area contributed by atoms with Gasteiger partial charge in [-0.3, -0.25) is 4.79 Å². The SMILES string of the molecule is O=C(O)[C@@H]1CC(O)CN1C(=O)COc1ccc(Br)cc1Br. The maximum atomic E-state index is 12.1. The maximum absolute atomic E-state index is 12.1. The van der Waals surface area contributed by atoms with Gasteiger partial charge in [-0.05, 0) is 34.1 Å². The van der Waals surface area contributed by atoms with Crippen molar-refractivity contribution in [1.29, 1.82) is 0 Å². The second kappa shape index (κ2) is 6.76. The molecule has 1 unspecified atom stereocenters. The Bertz CT molecular complexity index is 565. The summed E-state index contributed by atoms with van der Waals surface area (Å²) in [6.45, 7) is -0.266. The van der Waals surface area contributed by atoms with E-state index < -0.39 is 24.0 Å². The molecule has 2 atom stereocenters. The summed E-state index contributed by atoms with van der Waals surface area (Å²) in [6, 6.07) is 4.24. The summed E-state index contributed by atoms with van der Waals surface area (Å²) < 4.78 is 6.94. The molecule has 0 spiro atoms. The largest absolute Gasteiger partial charge is 0.483 e. The molecule has 0 radical (unpaired) electrons. The fraction of sp³-hybridized carbons (Fsp3) is 0.385. The summed E-state index contributed by atoms with van der Waals surface area (Å²) in [5, 5.41) is 18.6. The van der Waals surface area contributed by atoms with E-state index >= 15 is 0 Å². The minimum atomic E-state index is -1.12. The predicted octanol–water partition coefficient (Wildman–Crippen LogP) is 1.64. The van der Waals surface area contributed by atoms with Crippen molar-refractivity contribution in [2.75, 3.05) is 13.2 Å². The number of benzene rings is 1. The van der Waals surface area contributed by atoms with E-state index in [0.29, 0.717) is 10.2 Å². The summed E-state index contributed by atoms with van der Waals surface area (Å²) >= 11 is 6.62. The average Bonchev–Trinajstić information content (AvgIpc) is 2.80. The van der Waals surface area contributed by atoms with Crippen LogP contribution in [0.15, 0.2) is 27.1 Å². The molecule has 1 saturated heterocycles. The monoisotopic (exact) mass is 421 g/mol. The minimum absolute atomic E-state index is 0.0146. The molecule has 1 aliphatic heterocycles. The average molecular weight is 423 g/mol. The number of carboxylic acid groups (broad SMARTS) is 1. The molecule has 0 aromatic heterocycles. The number of aliphatic hydroxyl groups excluding tert-OH is 1. The number of hydrogen-bond acceptors (Lipinski definition) is 4. The first-order valence-corrected chi connectivity index (χ1v) is 7.75. The standard InChI is InChI=1S/C13H13Br2NO5/c14-7-1-2-11(9(15)3-7)21-6-12(18)16-5-8(17)4-10(16)13(19)20/h1-3,8,10,17H,4-6H2,(H,19,20)/t8?,10-/m0/s1. The molecule has 1 fully saturated rings. The van der Waals surface area contributed by atoms with E-state index in [4.69, 9.17) is 9.84 Å². The molecular formula is C13H13Br2NO5. The Hall–Kier alpha value is -1.12. The van der Waals surface area contributed by atoms with Crippen LogP contribution in [0.3, 0.4) is 0 Å². The molecule has 1 aromatic rings. The molecular weight excluding hydrogens is 410 g/mol. The Kier molecular flexibility index (Phi) is 5.23. The fourth-order valence-electron chi connectivity index (χ4n) is 2.14. The fourth-order valence-corrected chi connectivity index (χ4v) is 3.30. The third-order valence-electron chi connectivity index (χ3n) is 3.13. The zero-order valence-electron chi connectivity index (χ0n) is 10.8. The highest BCUT2D eigenvalue weighted by Gasteiger charge is 2.38. The van der Waals surface area contributed by atoms with Crippen molar-refractivity contribution >= 4 is 43.7 Å². The molecule has 2 rings (SSSR count). The molecule has 1 heterocycles. The van der Waals surface area contributed by atoms with E-state index in [0.717, 1.165) is 9.37 Å². The number of amides is 1. The van der Waals surface area contributed by atoms with Gasteiger partial charge in [-0.15, -0.1) is 0 Å². The van der Waals surface area contributed by atoms with Crippen LogP contribution in [-0.2, 0) is 9.59 Å². The van der Waals surface area contributed by atoms with Crippen LogP contribution in [0, 0.1) is 0 Å². The van der Waals surface area contributed by atoms with Crippen molar-refractivity contribution in [2.24, 2.45) is 0 Å². The zero-order chi connectivity index (χ0) is 15.6. The molecule has 8 heteroatoms. The number of carboxylic acids is 1. The van der Waals surface area contributed by atoms with Gasteiger partial charge in [0.2, 0.25) is 0 Å². The number of carbonyl (C=O) groups is 2. The van der Waals surface area contributed by atoms with Gasteiger partial charge in [-0.2, -0.15) is 0 Å². The Morgan fingerprint density at radius 3 is 2.71 bits per heavy atom. The van der Waals surface area contributed by atoms with Gasteiger partial charge in [0.1, 0.15) is 11.8 Å². The second-order valence-corrected chi connectivity index (χ2v) is 6.42. The van der Waals surface area contributed by atoms with Crippen molar-refractivity contribution in [3.05, 3.63) is 27.1 Å². The van der Waals surface area contributed by atoms with Gasteiger partial charge in [0.05, 0.1) is 10.6 Å². The number of aliphatic carboxylic acids is 1. The van der Waals surface area contributed by atoms with Crippen LogP contribution in [0.25, 0.3) is 0 Å². The summed E-state index contributed by atoms with van der Waals surface area (Å²) in [5.74, 6) is -1.10. The van der Waals surface area contributed by atoms with Crippen molar-refractivity contribution in [2.45, 2.75) is 18.6 Å². The van der Waals surface area contributed by atoms with Gasteiger partial charge in [-0.25, -0.2) is 4.79 Å². The summed E-state index contributed by atoms with van der Waals surface area (Å²) in [6.07, 6.45) is -0.766. The Labute approximate surface area is 138 Å². The molecule has 2 N–H and O–H groups in total. The van der Waals surface area contributed by atoms with Crippen LogP contribution in [-0.4, -0.2) is 52.3 Å². The Balaban J connectivity index is 1.99. The third kappa shape index (κ3) is 3.96. The zero-order valence-corrected chi connectivity index (χ0v) is 14.0. The van der Waals surface area contributed by atoms with Gasteiger partial charge in [-0.1, -0.05) is 15.9 Å². The van der Waals surface area contributed by atoms with Crippen molar-refractivity contribution < 1.29 is 24.5 Å². The van der Waals surface area contributed by atoms with Crippen LogP contribution >= 0.6 is 31.9 Å². The number of β-amino-alcohol motifs (C(OH)–C–C–N with tert-alkyl or cyclic N) is 1. The molecule has 0 aliphatic carbocycles. The van der Waals surface area contributed by atoms with Crippen molar-refractivity contribution in [3.63, 3.8) is 0 Å². The van der Waals surface area contributed by atoms with E-state index in [1.807, 2.05) is 0 Å². The van der Waals surface area contributed by atoms with E-state index in [2.05, 4.69) is 31.9 Å². The number of nitrogens with zero attached hydrogens (tertiary/aromatic N) is 1. The van der Waals surface area contributed by atoms with Gasteiger partial charge >= 0.3 is 5.97 Å². The summed E-state index contributed by atoms with van der Waals surface area (Å²) in [4.78, 5) is 24.3. The number of rotatable bonds is 4. The molecule has 0 saturated carbocycles. The minimum Gasteiger partial charge on any atom is -0.483 e. The van der Waals surface area contributed by atoms with Crippen LogP contribution in [0.2, 0.25) is 0 Å². The maximum Gasteiger partial charge on any atom is 0.326 e. The molecule has 0 bridgehead atoms. The van der Waals surface area contributed by atoms with Crippen LogP contribution in [0.4, 0.5) is 0 Å². The van der Waals surface area contributed by atoms with E-state index in [1.165, 1.54) is 0 Å². The van der Waals surface area contributed by atoms with E-state index in [9.17, 15) is 14.7 Å². The summed E-state index contributed by atoms with van der Waals surface area (Å²) in [5.41, 5.74) is 0. The number of halogens is 2. The number of aliphatic hydroxyl groups is 1. The first-order valence-electron chi connectivity index (χ1n) is 6.16. The first-order chi connectivity index (χ1) is 9.88. The molecule has 21 heavy (non-hydrogen) atoms. The predicted molar refractivity (Wildman–Crippen MR) is 81.1 cm³/mol. The molecule has 6 nitrogen and oxygen atoms in total. The summed E-state index contributed by atoms with van der Waals surface area (Å²) in [7, 11) is 0. The normalized spacial score (nSPS) is 21.4. The van der Waals surface area contributed by atoms with Gasteiger partial charge in [0, 0.05) is 17.4 Å². The van der Waals surface area contributed by atoms with Crippen molar-refractivity contribution in [3.8, 4) is 5.75 Å². The second-order valence-electron chi connectivity index (χ2n) is 4.65. The van der Waals surface area contributed by atoms with Crippen molar-refractivity contribution in [1.82, 2.24) is 4.90 Å². The topological polar surface area (TPSA) is 87.1 Å². The number of ether oxygens (including phenoxy) is 1. The molecule has 114 valence electrons. The number of carbonyl (C=O) groups excluding carboxylic acids is 1. The lowest BCUT2D eigenvalue weighted by Crippen LogP contribution is -2.42. The van der Waals surface area contributed by atoms with Gasteiger partial charge in [0.25, 0.3) is 5.91 Å². The lowest BCUT2D eigenvalue weighted by Gasteiger charge is -2.21. The molecule has 1 aliphatic rings. The lowest BCUT2D eigenvalue weighted by molar-refractivity contribution is -0.149. The van der Waals surface area contributed by atoms with Crippen LogP contribution in [0.5, 0.6) is 5.75 Å². The highest BCUT2D eigenvalue weighted by atomic mass is 79.9. The Morgan fingerprint density at radius 1 is 1.38 bits per heavy atom. The van der Waals surface area contributed by atoms with Crippen LogP contribution in [0.1, 0.15) is 6.42 Å². The number of hydrogen-bond donors (Lipinski definition) is 2. The highest BCUT2D eigenvalue weighted by Crippen LogP contribution is 2.28. The molecule has 1 aromatic carbocycles. The smallest absolute Gasteiger partial charge is 0.326 e. The quantitative estimate of drug-likeness (QED) is 0.770. The highest BCUT2D eigenvalue weighted by molar-refractivity contribution is 9.11. The van der Waals surface area contributed by atoms with Gasteiger partial charge < -0.3 is 19.8 Å². The van der Waals surface area contributed by atoms with E-state index in [1.54, 1.807) is 18.2 Å². The van der Waals surface area contributed by atoms with Gasteiger partial charge in [0.15, 0.2) is 6.61 Å². The lowest BCUT2D eigenvalue weighted by atomic mass is 10.2. The van der Waals surface area contributed by atoms with Crippen LogP contribution < -0.4 is 4.74 Å². The number of likely N-dealkylation sites (tertiary alicyclic amines) is 1. The first kappa shape index (κ1) is 16.3. The third-order valence-corrected chi connectivity index (χ3v) is 4.24. The van der Waals surface area contributed by atoms with E-state index in [-0.39, 0.29) is 19.6 Å². The Morgan fingerprint density at radius 2 is 2.10 bits per heavy atom.